The fourth-order valence-corrected chi connectivity index (χ4v) is 9.00. The van der Waals surface area contributed by atoms with Crippen molar-refractivity contribution in [2.24, 2.45) is 29.6 Å². The molecule has 1 amide bonds. The number of nitrogens with one attached hydrogen (secondary N) is 1. The lowest BCUT2D eigenvalue weighted by Crippen LogP contribution is -2.60. The summed E-state index contributed by atoms with van der Waals surface area (Å²) < 4.78 is 44.1. The van der Waals surface area contributed by atoms with Crippen LogP contribution < -0.4 is 5.32 Å². The van der Waals surface area contributed by atoms with E-state index in [1.807, 2.05) is 39.8 Å². The SMILES string of the molecule is CO[C@@]1(C)C[C@@H](C)C(=O)C(C)[C@H]2NC(=O)O[C@@]23C(C)[C@H]3OC(=O)[C@H](C)[C@@H](OC(=O)Cc2ccccn2)[C@H](C)[C@H]1O[C@@H]1O[C@H](C)C[C@H](N(C)C)[C@H]1O/C=C/C(C)=O. The molecule has 3 aliphatic heterocycles. The van der Waals surface area contributed by atoms with Crippen LogP contribution in [0.25, 0.3) is 0 Å². The van der Waals surface area contributed by atoms with Crippen LogP contribution in [-0.2, 0) is 58.8 Å². The Kier molecular flexibility index (Phi) is 13.3. The van der Waals surface area contributed by atoms with Crippen LogP contribution in [0, 0.1) is 29.6 Å². The summed E-state index contributed by atoms with van der Waals surface area (Å²) in [6, 6.07) is 4.23. The van der Waals surface area contributed by atoms with Gasteiger partial charge in [0.2, 0.25) is 0 Å². The van der Waals surface area contributed by atoms with Gasteiger partial charge in [-0.25, -0.2) is 4.79 Å². The van der Waals surface area contributed by atoms with E-state index in [0.29, 0.717) is 12.1 Å². The Morgan fingerprint density at radius 1 is 1.05 bits per heavy atom. The van der Waals surface area contributed by atoms with Crippen LogP contribution in [0.4, 0.5) is 4.79 Å². The molecule has 4 aliphatic rings. The number of carbonyl (C=O) groups is 5. The maximum Gasteiger partial charge on any atom is 0.408 e. The predicted octanol–water partition coefficient (Wildman–Crippen LogP) is 3.81. The lowest BCUT2D eigenvalue weighted by molar-refractivity contribution is -0.302. The molecular formula is C41H59N3O12. The van der Waals surface area contributed by atoms with Gasteiger partial charge in [0.05, 0.1) is 54.2 Å². The largest absolute Gasteiger partial charge is 0.491 e. The summed E-state index contributed by atoms with van der Waals surface area (Å²) in [5.74, 6) is -5.28. The summed E-state index contributed by atoms with van der Waals surface area (Å²) in [5, 5.41) is 2.82. The zero-order valence-corrected chi connectivity index (χ0v) is 34.4. The number of allylic oxidation sites excluding steroid dienone is 1. The highest BCUT2D eigenvalue weighted by atomic mass is 16.7. The molecule has 1 spiro atoms. The van der Waals surface area contributed by atoms with Crippen molar-refractivity contribution in [2.45, 2.75) is 135 Å². The van der Waals surface area contributed by atoms with Crippen molar-refractivity contribution in [1.29, 1.82) is 0 Å². The molecule has 4 fully saturated rings. The zero-order chi connectivity index (χ0) is 41.3. The molecule has 0 aromatic carbocycles. The fourth-order valence-electron chi connectivity index (χ4n) is 9.00. The Labute approximate surface area is 329 Å². The molecule has 1 aliphatic carbocycles. The first-order valence-corrected chi connectivity index (χ1v) is 19.5. The highest BCUT2D eigenvalue weighted by Crippen LogP contribution is 2.56. The van der Waals surface area contributed by atoms with Crippen molar-refractivity contribution in [3.05, 3.63) is 42.4 Å². The molecule has 3 saturated heterocycles. The Morgan fingerprint density at radius 2 is 1.77 bits per heavy atom. The zero-order valence-electron chi connectivity index (χ0n) is 34.4. The number of ketones is 2. The molecule has 0 bridgehead atoms. The Hall–Kier alpha value is -3.92. The van der Waals surface area contributed by atoms with Crippen molar-refractivity contribution in [2.75, 3.05) is 21.2 Å². The lowest BCUT2D eigenvalue weighted by atomic mass is 9.75. The third-order valence-electron chi connectivity index (χ3n) is 12.2. The first kappa shape index (κ1) is 43.2. The van der Waals surface area contributed by atoms with E-state index < -0.39 is 95.6 Å². The summed E-state index contributed by atoms with van der Waals surface area (Å²) in [4.78, 5) is 73.1. The minimum atomic E-state index is -1.27. The average molecular weight is 786 g/mol. The number of pyridine rings is 1. The molecule has 4 heterocycles. The van der Waals surface area contributed by atoms with Gasteiger partial charge in [0.25, 0.3) is 0 Å². The van der Waals surface area contributed by atoms with Crippen LogP contribution in [0.2, 0.25) is 0 Å². The number of hydrogen-bond acceptors (Lipinski definition) is 14. The van der Waals surface area contributed by atoms with Gasteiger partial charge in [0.1, 0.15) is 11.9 Å². The second-order valence-corrected chi connectivity index (χ2v) is 16.6. The van der Waals surface area contributed by atoms with Crippen molar-refractivity contribution >= 4 is 29.6 Å². The Bertz CT molecular complexity index is 1640. The topological polar surface area (TPSA) is 178 Å². The third-order valence-corrected chi connectivity index (χ3v) is 12.2. The maximum absolute atomic E-state index is 14.3. The number of Topliss-reactive ketones (excluding diaryl/α,β-unsaturated/α-hetero) is 1. The normalized spacial score (nSPS) is 40.4. The fraction of sp³-hybridized carbons (Fsp3) is 0.707. The van der Waals surface area contributed by atoms with Crippen molar-refractivity contribution in [3.8, 4) is 0 Å². The number of aromatic nitrogens is 1. The molecular weight excluding hydrogens is 726 g/mol. The number of likely N-dealkylation sites (N-methyl/N-ethyl adjacent to an activating group) is 1. The molecule has 2 unspecified atom stereocenters. The molecule has 56 heavy (non-hydrogen) atoms. The number of carbonyl (C=O) groups excluding carboxylic acids is 5. The van der Waals surface area contributed by atoms with Crippen LogP contribution in [0.3, 0.4) is 0 Å². The van der Waals surface area contributed by atoms with E-state index in [4.69, 9.17) is 33.2 Å². The van der Waals surface area contributed by atoms with Crippen LogP contribution in [0.5, 0.6) is 0 Å². The average Bonchev–Trinajstić information content (AvgIpc) is 3.49. The van der Waals surface area contributed by atoms with Crippen molar-refractivity contribution < 1.29 is 57.1 Å². The number of esters is 2. The van der Waals surface area contributed by atoms with E-state index in [1.54, 1.807) is 52.1 Å². The maximum atomic E-state index is 14.3. The molecule has 0 radical (unpaired) electrons. The monoisotopic (exact) mass is 785 g/mol. The van der Waals surface area contributed by atoms with Gasteiger partial charge in [0.15, 0.2) is 29.9 Å². The molecule has 1 aromatic heterocycles. The summed E-state index contributed by atoms with van der Waals surface area (Å²) in [6.45, 7) is 13.9. The number of hydrogen-bond donors (Lipinski definition) is 1. The summed E-state index contributed by atoms with van der Waals surface area (Å²) in [5.41, 5.74) is -2.03. The number of rotatable bonds is 10. The second kappa shape index (κ2) is 17.3. The molecule has 15 nitrogen and oxygen atoms in total. The third kappa shape index (κ3) is 8.80. The van der Waals surface area contributed by atoms with E-state index in [1.165, 1.54) is 26.4 Å². The van der Waals surface area contributed by atoms with Crippen LogP contribution in [0.15, 0.2) is 36.7 Å². The highest BCUT2D eigenvalue weighted by Gasteiger charge is 2.77. The minimum absolute atomic E-state index is 0.137. The van der Waals surface area contributed by atoms with Crippen LogP contribution in [0.1, 0.15) is 73.9 Å². The van der Waals surface area contributed by atoms with Crippen LogP contribution in [-0.4, -0.2) is 121 Å². The van der Waals surface area contributed by atoms with Crippen LogP contribution >= 0.6 is 0 Å². The summed E-state index contributed by atoms with van der Waals surface area (Å²) in [7, 11) is 5.35. The number of methoxy groups -OCH3 is 1. The van der Waals surface area contributed by atoms with E-state index >= 15 is 0 Å². The number of ether oxygens (including phenoxy) is 7. The minimum Gasteiger partial charge on any atom is -0.491 e. The Balaban J connectivity index is 1.60. The molecule has 5 rings (SSSR count). The van der Waals surface area contributed by atoms with Crippen molar-refractivity contribution in [3.63, 3.8) is 0 Å². The highest BCUT2D eigenvalue weighted by molar-refractivity contribution is 5.87. The van der Waals surface area contributed by atoms with Gasteiger partial charge >= 0.3 is 18.0 Å². The smallest absolute Gasteiger partial charge is 0.408 e. The molecule has 310 valence electrons. The predicted molar refractivity (Wildman–Crippen MR) is 201 cm³/mol. The van der Waals surface area contributed by atoms with E-state index in [9.17, 15) is 24.0 Å². The lowest BCUT2D eigenvalue weighted by Gasteiger charge is -2.48. The van der Waals surface area contributed by atoms with Gasteiger partial charge < -0.3 is 43.4 Å². The molecule has 1 saturated carbocycles. The van der Waals surface area contributed by atoms with Gasteiger partial charge in [-0.15, -0.1) is 0 Å². The van der Waals surface area contributed by atoms with Gasteiger partial charge in [-0.05, 0) is 66.8 Å². The van der Waals surface area contributed by atoms with Gasteiger partial charge in [0, 0.05) is 43.1 Å². The van der Waals surface area contributed by atoms with Gasteiger partial charge in [-0.3, -0.25) is 24.2 Å². The number of amides is 1. The van der Waals surface area contributed by atoms with Gasteiger partial charge in [-0.2, -0.15) is 0 Å². The van der Waals surface area contributed by atoms with Crippen molar-refractivity contribution in [1.82, 2.24) is 15.2 Å². The first-order chi connectivity index (χ1) is 26.3. The van der Waals surface area contributed by atoms with Gasteiger partial charge in [-0.1, -0.05) is 33.8 Å². The van der Waals surface area contributed by atoms with E-state index in [2.05, 4.69) is 10.3 Å². The molecule has 15 heteroatoms. The Morgan fingerprint density at radius 3 is 2.39 bits per heavy atom. The molecule has 15 atom stereocenters. The summed E-state index contributed by atoms with van der Waals surface area (Å²) >= 11 is 0. The standard InChI is InChI=1S/C41H59N3O12/c1-21-20-40(8,50-11)35(55-38-33(51-17-15-22(2)45)29(44(9)10)18-23(3)52-38)25(5)32(53-30(46)19-28-14-12-13-16-42-28)26(6)37(48)54-36-27(7)41(36)34(24(4)31(21)47)43-39(49)56-41/h12-17,21,23-27,29,32-36,38H,18-20H2,1-11H3,(H,43,49)/b17-15+/t21-,23-,24?,25+,26-,27?,29+,32+,33-,34-,35-,36-,38+,40+,41+/m1/s1. The quantitative estimate of drug-likeness (QED) is 0.157. The first-order valence-electron chi connectivity index (χ1n) is 19.5. The molecule has 1 N–H and O–H groups in total. The van der Waals surface area contributed by atoms with E-state index in [0.717, 1.165) is 0 Å². The van der Waals surface area contributed by atoms with E-state index in [-0.39, 0.29) is 36.6 Å². The summed E-state index contributed by atoms with van der Waals surface area (Å²) in [6.07, 6.45) is -0.958. The second-order valence-electron chi connectivity index (χ2n) is 16.6. The molecule has 1 aromatic rings. The number of alkyl carbamates (subject to hydrolysis) is 1. The number of nitrogens with zero attached hydrogens (tertiary/aromatic N) is 2.